The van der Waals surface area contributed by atoms with E-state index in [1.165, 1.54) is 10.6 Å². The fraction of sp³-hybridized carbons (Fsp3) is 0.900. The molecule has 1 saturated heterocycles. The molecule has 1 heterocycles. The lowest BCUT2D eigenvalue weighted by molar-refractivity contribution is 0.0448. The number of alkyl carbamates (subject to hydrolysis) is 1. The van der Waals surface area contributed by atoms with Crippen molar-refractivity contribution in [2.75, 3.05) is 39.5 Å². The Kier molecular flexibility index (Phi) is 9.87. The predicted molar refractivity (Wildman–Crippen MR) is 121 cm³/mol. The van der Waals surface area contributed by atoms with Crippen LogP contribution in [0.25, 0.3) is 0 Å². The van der Waals surface area contributed by atoms with Crippen molar-refractivity contribution < 1.29 is 17.9 Å². The standard InChI is InChI=1S/C20H41N5O4S/c1-8-20(9-2,24-18(26)29-19(3,4)5)15-23-17(21-6)22-14-16-10-12-25(13-11-16)30(7,27)28/h16H,8-15H2,1-7H3,(H,24,26)(H2,21,22,23). The van der Waals surface area contributed by atoms with Crippen LogP contribution in [0.5, 0.6) is 0 Å². The van der Waals surface area contributed by atoms with Crippen molar-refractivity contribution in [1.29, 1.82) is 0 Å². The average molecular weight is 448 g/mol. The van der Waals surface area contributed by atoms with E-state index in [1.54, 1.807) is 7.05 Å². The lowest BCUT2D eigenvalue weighted by atomic mass is 9.93. The Morgan fingerprint density at radius 3 is 2.13 bits per heavy atom. The van der Waals surface area contributed by atoms with Crippen LogP contribution in [0, 0.1) is 5.92 Å². The van der Waals surface area contributed by atoms with Crippen molar-refractivity contribution in [2.24, 2.45) is 10.9 Å². The van der Waals surface area contributed by atoms with Gasteiger partial charge in [0.15, 0.2) is 5.96 Å². The molecular weight excluding hydrogens is 406 g/mol. The number of sulfonamides is 1. The minimum absolute atomic E-state index is 0.392. The number of rotatable bonds is 8. The number of ether oxygens (including phenoxy) is 1. The lowest BCUT2D eigenvalue weighted by Crippen LogP contribution is -2.57. The third-order valence-corrected chi connectivity index (χ3v) is 6.84. The molecule has 1 rings (SSSR count). The zero-order valence-corrected chi connectivity index (χ0v) is 20.5. The summed E-state index contributed by atoms with van der Waals surface area (Å²) < 4.78 is 30.2. The largest absolute Gasteiger partial charge is 0.444 e. The molecule has 0 radical (unpaired) electrons. The van der Waals surface area contributed by atoms with Gasteiger partial charge in [-0.3, -0.25) is 4.99 Å². The van der Waals surface area contributed by atoms with E-state index in [9.17, 15) is 13.2 Å². The number of carbonyl (C=O) groups excluding carboxylic acids is 1. The fourth-order valence-electron chi connectivity index (χ4n) is 3.40. The molecule has 1 fully saturated rings. The van der Waals surface area contributed by atoms with Crippen LogP contribution in [0.4, 0.5) is 4.79 Å². The summed E-state index contributed by atoms with van der Waals surface area (Å²) in [5.41, 5.74) is -0.990. The molecule has 0 aromatic heterocycles. The minimum Gasteiger partial charge on any atom is -0.444 e. The number of nitrogens with zero attached hydrogens (tertiary/aromatic N) is 2. The molecule has 0 unspecified atom stereocenters. The quantitative estimate of drug-likeness (QED) is 0.387. The number of guanidine groups is 1. The van der Waals surface area contributed by atoms with Crippen LogP contribution < -0.4 is 16.0 Å². The highest BCUT2D eigenvalue weighted by molar-refractivity contribution is 7.88. The second-order valence-electron chi connectivity index (χ2n) is 9.03. The topological polar surface area (TPSA) is 112 Å². The number of nitrogens with one attached hydrogen (secondary N) is 3. The van der Waals surface area contributed by atoms with E-state index >= 15 is 0 Å². The van der Waals surface area contributed by atoms with Crippen molar-refractivity contribution in [3.63, 3.8) is 0 Å². The van der Waals surface area contributed by atoms with E-state index in [1.807, 2.05) is 34.6 Å². The van der Waals surface area contributed by atoms with Crippen LogP contribution in [0.2, 0.25) is 0 Å². The highest BCUT2D eigenvalue weighted by atomic mass is 32.2. The van der Waals surface area contributed by atoms with E-state index in [4.69, 9.17) is 4.74 Å². The first kappa shape index (κ1) is 26.5. The van der Waals surface area contributed by atoms with Crippen LogP contribution in [0.1, 0.15) is 60.3 Å². The first-order valence-electron chi connectivity index (χ1n) is 10.7. The van der Waals surface area contributed by atoms with Gasteiger partial charge in [-0.05, 0) is 52.4 Å². The van der Waals surface area contributed by atoms with Gasteiger partial charge in [0.05, 0.1) is 11.8 Å². The van der Waals surface area contributed by atoms with Gasteiger partial charge in [0.25, 0.3) is 0 Å². The maximum atomic E-state index is 12.3. The number of amides is 1. The Morgan fingerprint density at radius 2 is 1.70 bits per heavy atom. The van der Waals surface area contributed by atoms with E-state index in [-0.39, 0.29) is 0 Å². The molecule has 0 bridgehead atoms. The molecule has 10 heteroatoms. The van der Waals surface area contributed by atoms with E-state index in [0.29, 0.717) is 31.5 Å². The molecule has 0 aromatic rings. The van der Waals surface area contributed by atoms with Gasteiger partial charge in [0.2, 0.25) is 10.0 Å². The average Bonchev–Trinajstić information content (AvgIpc) is 2.65. The second-order valence-corrected chi connectivity index (χ2v) is 11.0. The summed E-state index contributed by atoms with van der Waals surface area (Å²) in [5.74, 6) is 1.06. The minimum atomic E-state index is -3.11. The monoisotopic (exact) mass is 447 g/mol. The zero-order chi connectivity index (χ0) is 23.0. The molecule has 0 spiro atoms. The Morgan fingerprint density at radius 1 is 1.13 bits per heavy atom. The van der Waals surface area contributed by atoms with Gasteiger partial charge < -0.3 is 20.7 Å². The summed E-state index contributed by atoms with van der Waals surface area (Å²) in [4.78, 5) is 16.6. The van der Waals surface area contributed by atoms with Crippen LogP contribution in [0.3, 0.4) is 0 Å². The van der Waals surface area contributed by atoms with Crippen molar-refractivity contribution >= 4 is 22.1 Å². The predicted octanol–water partition coefficient (Wildman–Crippen LogP) is 1.91. The smallest absolute Gasteiger partial charge is 0.408 e. The van der Waals surface area contributed by atoms with Crippen LogP contribution in [-0.4, -0.2) is 75.4 Å². The van der Waals surface area contributed by atoms with Crippen molar-refractivity contribution in [3.05, 3.63) is 0 Å². The SMILES string of the molecule is CCC(CC)(CNC(=NC)NCC1CCN(S(C)(=O)=O)CC1)NC(=O)OC(C)(C)C. The van der Waals surface area contributed by atoms with Gasteiger partial charge in [0, 0.05) is 33.2 Å². The fourth-order valence-corrected chi connectivity index (χ4v) is 4.27. The van der Waals surface area contributed by atoms with E-state index in [0.717, 1.165) is 32.2 Å². The molecule has 30 heavy (non-hydrogen) atoms. The maximum Gasteiger partial charge on any atom is 0.408 e. The van der Waals surface area contributed by atoms with Gasteiger partial charge in [0.1, 0.15) is 5.60 Å². The highest BCUT2D eigenvalue weighted by Gasteiger charge is 2.31. The van der Waals surface area contributed by atoms with Gasteiger partial charge in [-0.15, -0.1) is 0 Å². The van der Waals surface area contributed by atoms with Crippen molar-refractivity contribution in [2.45, 2.75) is 71.4 Å². The molecule has 3 N–H and O–H groups in total. The van der Waals surface area contributed by atoms with Crippen LogP contribution in [-0.2, 0) is 14.8 Å². The summed E-state index contributed by atoms with van der Waals surface area (Å²) in [6.07, 6.45) is 3.98. The molecule has 0 atom stereocenters. The van der Waals surface area contributed by atoms with Gasteiger partial charge in [-0.25, -0.2) is 17.5 Å². The Balaban J connectivity index is 2.55. The summed E-state index contributed by atoms with van der Waals surface area (Å²) in [6, 6.07) is 0. The van der Waals surface area contributed by atoms with Crippen LogP contribution in [0.15, 0.2) is 4.99 Å². The molecular formula is C20H41N5O4S. The normalized spacial score (nSPS) is 17.5. The Bertz CT molecular complexity index is 676. The second kappa shape index (κ2) is 11.2. The number of piperidine rings is 1. The molecule has 0 aliphatic carbocycles. The van der Waals surface area contributed by atoms with Gasteiger partial charge >= 0.3 is 6.09 Å². The molecule has 9 nitrogen and oxygen atoms in total. The molecule has 1 aliphatic rings. The first-order valence-corrected chi connectivity index (χ1v) is 12.6. The summed E-state index contributed by atoms with van der Waals surface area (Å²) in [7, 11) is -1.39. The van der Waals surface area contributed by atoms with Crippen molar-refractivity contribution in [1.82, 2.24) is 20.3 Å². The first-order chi connectivity index (χ1) is 13.8. The van der Waals surface area contributed by atoms with Gasteiger partial charge in [-0.1, -0.05) is 13.8 Å². The summed E-state index contributed by atoms with van der Waals surface area (Å²) in [6.45, 7) is 12.0. The maximum absolute atomic E-state index is 12.3. The summed E-state index contributed by atoms with van der Waals surface area (Å²) >= 11 is 0. The third kappa shape index (κ3) is 9.07. The van der Waals surface area contributed by atoms with Crippen LogP contribution >= 0.6 is 0 Å². The molecule has 1 amide bonds. The Labute approximate surface area is 182 Å². The summed E-state index contributed by atoms with van der Waals surface area (Å²) in [5, 5.41) is 9.67. The molecule has 0 saturated carbocycles. The Hall–Kier alpha value is -1.55. The highest BCUT2D eigenvalue weighted by Crippen LogP contribution is 2.19. The van der Waals surface area contributed by atoms with Crippen molar-refractivity contribution in [3.8, 4) is 0 Å². The zero-order valence-electron chi connectivity index (χ0n) is 19.7. The molecule has 1 aliphatic heterocycles. The number of aliphatic imine (C=N–C) groups is 1. The van der Waals surface area contributed by atoms with Gasteiger partial charge in [-0.2, -0.15) is 0 Å². The molecule has 0 aromatic carbocycles. The third-order valence-electron chi connectivity index (χ3n) is 5.54. The molecule has 176 valence electrons. The van der Waals surface area contributed by atoms with E-state index < -0.39 is 27.3 Å². The number of carbonyl (C=O) groups is 1. The number of hydrogen-bond acceptors (Lipinski definition) is 5. The van der Waals surface area contributed by atoms with E-state index in [2.05, 4.69) is 20.9 Å². The number of hydrogen-bond donors (Lipinski definition) is 3. The lowest BCUT2D eigenvalue weighted by Gasteiger charge is -2.35.